The molecule has 0 bridgehead atoms. The molecule has 3 atom stereocenters. The highest BCUT2D eigenvalue weighted by Crippen LogP contribution is 2.38. The van der Waals surface area contributed by atoms with Crippen molar-refractivity contribution >= 4 is 0 Å². The molecule has 17 heavy (non-hydrogen) atoms. The Morgan fingerprint density at radius 2 is 2.00 bits per heavy atom. The first-order valence-electron chi connectivity index (χ1n) is 6.99. The van der Waals surface area contributed by atoms with E-state index in [9.17, 15) is 5.11 Å². The number of piperidine rings is 1. The van der Waals surface area contributed by atoms with E-state index in [0.717, 1.165) is 25.9 Å². The van der Waals surface area contributed by atoms with Crippen molar-refractivity contribution in [3.05, 3.63) is 0 Å². The molecule has 0 aromatic rings. The Morgan fingerprint density at radius 1 is 1.24 bits per heavy atom. The van der Waals surface area contributed by atoms with E-state index in [2.05, 4.69) is 18.7 Å². The predicted molar refractivity (Wildman–Crippen MR) is 69.0 cm³/mol. The normalized spacial score (nSPS) is 39.2. The van der Waals surface area contributed by atoms with Crippen molar-refractivity contribution in [1.29, 1.82) is 0 Å². The zero-order valence-corrected chi connectivity index (χ0v) is 11.5. The third-order valence-corrected chi connectivity index (χ3v) is 4.70. The van der Waals surface area contributed by atoms with Crippen molar-refractivity contribution < 1.29 is 9.84 Å². The summed E-state index contributed by atoms with van der Waals surface area (Å²) >= 11 is 0. The lowest BCUT2D eigenvalue weighted by molar-refractivity contribution is -0.0797. The maximum absolute atomic E-state index is 10.5. The minimum Gasteiger partial charge on any atom is -0.391 e. The van der Waals surface area contributed by atoms with Gasteiger partial charge >= 0.3 is 0 Å². The van der Waals surface area contributed by atoms with Gasteiger partial charge in [0.05, 0.1) is 12.2 Å². The SMILES string of the molecule is COC1CCCN(C2CCCC(C)(C)C2O)C1. The maximum Gasteiger partial charge on any atom is 0.0746 e. The van der Waals surface area contributed by atoms with Gasteiger partial charge in [-0.1, -0.05) is 20.3 Å². The Labute approximate surface area is 105 Å². The van der Waals surface area contributed by atoms with Crippen LogP contribution in [0, 0.1) is 5.41 Å². The fourth-order valence-corrected chi connectivity index (χ4v) is 3.44. The molecule has 1 saturated carbocycles. The number of nitrogens with zero attached hydrogens (tertiary/aromatic N) is 1. The molecule has 3 heteroatoms. The molecular formula is C14H27NO2. The summed E-state index contributed by atoms with van der Waals surface area (Å²) < 4.78 is 5.48. The molecule has 2 aliphatic rings. The molecule has 3 unspecified atom stereocenters. The molecule has 0 aromatic carbocycles. The Morgan fingerprint density at radius 3 is 2.71 bits per heavy atom. The molecule has 1 aliphatic heterocycles. The Hall–Kier alpha value is -0.120. The summed E-state index contributed by atoms with van der Waals surface area (Å²) in [5.41, 5.74) is 0.0724. The second kappa shape index (κ2) is 5.25. The first-order valence-corrected chi connectivity index (χ1v) is 6.99. The third kappa shape index (κ3) is 2.83. The molecule has 1 N–H and O–H groups in total. The summed E-state index contributed by atoms with van der Waals surface area (Å²) in [6.07, 6.45) is 6.06. The van der Waals surface area contributed by atoms with Crippen LogP contribution >= 0.6 is 0 Å². The van der Waals surface area contributed by atoms with Gasteiger partial charge in [-0.05, 0) is 37.6 Å². The second-order valence-corrected chi connectivity index (χ2v) is 6.39. The van der Waals surface area contributed by atoms with Gasteiger partial charge in [-0.25, -0.2) is 0 Å². The number of rotatable bonds is 2. The van der Waals surface area contributed by atoms with Gasteiger partial charge in [-0.15, -0.1) is 0 Å². The largest absolute Gasteiger partial charge is 0.391 e. The molecule has 1 aliphatic carbocycles. The van der Waals surface area contributed by atoms with E-state index in [4.69, 9.17) is 4.74 Å². The summed E-state index contributed by atoms with van der Waals surface area (Å²) in [6.45, 7) is 6.51. The van der Waals surface area contributed by atoms with Gasteiger partial charge in [-0.3, -0.25) is 4.90 Å². The molecule has 0 amide bonds. The van der Waals surface area contributed by atoms with E-state index in [1.165, 1.54) is 19.3 Å². The van der Waals surface area contributed by atoms with Crippen molar-refractivity contribution in [3.8, 4) is 0 Å². The summed E-state index contributed by atoms with van der Waals surface area (Å²) in [7, 11) is 1.80. The number of aliphatic hydroxyl groups is 1. The summed E-state index contributed by atoms with van der Waals surface area (Å²) in [4.78, 5) is 2.46. The Balaban J connectivity index is 2.00. The third-order valence-electron chi connectivity index (χ3n) is 4.70. The van der Waals surface area contributed by atoms with Gasteiger partial charge in [0.1, 0.15) is 0 Å². The molecule has 3 nitrogen and oxygen atoms in total. The smallest absolute Gasteiger partial charge is 0.0746 e. The van der Waals surface area contributed by atoms with Crippen molar-refractivity contribution in [2.24, 2.45) is 5.41 Å². The van der Waals surface area contributed by atoms with Crippen LogP contribution in [0.25, 0.3) is 0 Å². The van der Waals surface area contributed by atoms with Crippen LogP contribution < -0.4 is 0 Å². The Bertz CT molecular complexity index is 255. The molecule has 2 fully saturated rings. The lowest BCUT2D eigenvalue weighted by Gasteiger charge is -2.47. The van der Waals surface area contributed by atoms with Crippen molar-refractivity contribution in [2.45, 2.75) is 64.2 Å². The molecule has 0 radical (unpaired) electrons. The van der Waals surface area contributed by atoms with Crippen LogP contribution in [0.5, 0.6) is 0 Å². The van der Waals surface area contributed by atoms with Crippen LogP contribution in [0.2, 0.25) is 0 Å². The van der Waals surface area contributed by atoms with Crippen molar-refractivity contribution in [1.82, 2.24) is 4.90 Å². The zero-order chi connectivity index (χ0) is 12.5. The highest BCUT2D eigenvalue weighted by atomic mass is 16.5. The molecule has 1 saturated heterocycles. The van der Waals surface area contributed by atoms with Crippen LogP contribution in [0.15, 0.2) is 0 Å². The molecule has 100 valence electrons. The van der Waals surface area contributed by atoms with Gasteiger partial charge in [0.2, 0.25) is 0 Å². The Kier molecular flexibility index (Phi) is 4.11. The van der Waals surface area contributed by atoms with E-state index in [1.54, 1.807) is 7.11 Å². The predicted octanol–water partition coefficient (Wildman–Crippen LogP) is 2.04. The van der Waals surface area contributed by atoms with Crippen LogP contribution in [-0.4, -0.2) is 48.5 Å². The first-order chi connectivity index (χ1) is 8.04. The summed E-state index contributed by atoms with van der Waals surface area (Å²) in [5.74, 6) is 0. The number of methoxy groups -OCH3 is 1. The van der Waals surface area contributed by atoms with Gasteiger partial charge in [0, 0.05) is 19.7 Å². The first kappa shape index (κ1) is 13.3. The maximum atomic E-state index is 10.5. The topological polar surface area (TPSA) is 32.7 Å². The van der Waals surface area contributed by atoms with Crippen LogP contribution in [0.4, 0.5) is 0 Å². The fourth-order valence-electron chi connectivity index (χ4n) is 3.44. The highest BCUT2D eigenvalue weighted by Gasteiger charge is 2.41. The highest BCUT2D eigenvalue weighted by molar-refractivity contribution is 4.94. The average Bonchev–Trinajstić information content (AvgIpc) is 2.33. The summed E-state index contributed by atoms with van der Waals surface area (Å²) in [6, 6.07) is 0.344. The lowest BCUT2D eigenvalue weighted by Crippen LogP contribution is -2.55. The second-order valence-electron chi connectivity index (χ2n) is 6.39. The van der Waals surface area contributed by atoms with Gasteiger partial charge in [-0.2, -0.15) is 0 Å². The van der Waals surface area contributed by atoms with Crippen molar-refractivity contribution in [3.63, 3.8) is 0 Å². The molecule has 2 rings (SSSR count). The van der Waals surface area contributed by atoms with E-state index < -0.39 is 0 Å². The van der Waals surface area contributed by atoms with Crippen LogP contribution in [0.1, 0.15) is 46.0 Å². The monoisotopic (exact) mass is 241 g/mol. The quantitative estimate of drug-likeness (QED) is 0.803. The number of hydrogen-bond acceptors (Lipinski definition) is 3. The van der Waals surface area contributed by atoms with Crippen molar-refractivity contribution in [2.75, 3.05) is 20.2 Å². The van der Waals surface area contributed by atoms with Gasteiger partial charge in [0.25, 0.3) is 0 Å². The number of likely N-dealkylation sites (tertiary alicyclic amines) is 1. The molecule has 1 heterocycles. The number of hydrogen-bond donors (Lipinski definition) is 1. The van der Waals surface area contributed by atoms with Gasteiger partial charge in [0.15, 0.2) is 0 Å². The minimum absolute atomic E-state index is 0.0724. The van der Waals surface area contributed by atoms with Crippen LogP contribution in [-0.2, 0) is 4.74 Å². The molecule has 0 spiro atoms. The summed E-state index contributed by atoms with van der Waals surface area (Å²) in [5, 5.41) is 10.5. The molecule has 0 aromatic heterocycles. The van der Waals surface area contributed by atoms with Gasteiger partial charge < -0.3 is 9.84 Å². The average molecular weight is 241 g/mol. The van der Waals surface area contributed by atoms with Crippen LogP contribution in [0.3, 0.4) is 0 Å². The lowest BCUT2D eigenvalue weighted by atomic mass is 9.72. The van der Waals surface area contributed by atoms with E-state index in [0.29, 0.717) is 12.1 Å². The van der Waals surface area contributed by atoms with E-state index in [1.807, 2.05) is 0 Å². The zero-order valence-electron chi connectivity index (χ0n) is 11.5. The molecular weight excluding hydrogens is 214 g/mol. The number of aliphatic hydroxyl groups excluding tert-OH is 1. The standard InChI is InChI=1S/C14H27NO2/c1-14(2)8-4-7-12(13(14)16)15-9-5-6-11(10-15)17-3/h11-13,16H,4-10H2,1-3H3. The number of ether oxygens (including phenoxy) is 1. The fraction of sp³-hybridized carbons (Fsp3) is 1.00. The van der Waals surface area contributed by atoms with E-state index in [-0.39, 0.29) is 11.5 Å². The van der Waals surface area contributed by atoms with E-state index >= 15 is 0 Å². The minimum atomic E-state index is -0.188.